The standard InChI is InChI=1S/C21H26N2O2/c1-4-6-15-25-19-14-10-8-12-17(19)21(3)22-18-13-9-7-11-16(18)20(24)23(21)5-2/h7-14,22H,4-6,15H2,1-3H3. The number of hydrogen-bond donors (Lipinski definition) is 1. The Morgan fingerprint density at radius 1 is 1.08 bits per heavy atom. The van der Waals surface area contributed by atoms with Crippen molar-refractivity contribution in [2.75, 3.05) is 18.5 Å². The third-order valence-corrected chi connectivity index (χ3v) is 4.80. The predicted octanol–water partition coefficient (Wildman–Crippen LogP) is 4.63. The molecule has 0 aliphatic carbocycles. The SMILES string of the molecule is CCCCOc1ccccc1C1(C)Nc2ccccc2C(=O)N1CC. The number of fused-ring (bicyclic) bond motifs is 1. The van der Waals surface area contributed by atoms with Gasteiger partial charge in [-0.2, -0.15) is 0 Å². The summed E-state index contributed by atoms with van der Waals surface area (Å²) in [5.41, 5.74) is 1.91. The normalized spacial score (nSPS) is 19.3. The molecule has 1 unspecified atom stereocenters. The summed E-state index contributed by atoms with van der Waals surface area (Å²) >= 11 is 0. The van der Waals surface area contributed by atoms with Gasteiger partial charge in [0.2, 0.25) is 0 Å². The zero-order chi connectivity index (χ0) is 17.9. The van der Waals surface area contributed by atoms with Crippen LogP contribution in [0.1, 0.15) is 49.5 Å². The van der Waals surface area contributed by atoms with Crippen molar-refractivity contribution in [3.8, 4) is 5.75 Å². The number of carbonyl (C=O) groups excluding carboxylic acids is 1. The molecule has 132 valence electrons. The van der Waals surface area contributed by atoms with E-state index >= 15 is 0 Å². The van der Waals surface area contributed by atoms with Gasteiger partial charge in [0.1, 0.15) is 11.4 Å². The highest BCUT2D eigenvalue weighted by Crippen LogP contribution is 2.41. The van der Waals surface area contributed by atoms with Crippen LogP contribution in [0, 0.1) is 0 Å². The number of ether oxygens (including phenoxy) is 1. The molecule has 1 heterocycles. The van der Waals surface area contributed by atoms with Crippen LogP contribution in [0.4, 0.5) is 5.69 Å². The highest BCUT2D eigenvalue weighted by atomic mass is 16.5. The van der Waals surface area contributed by atoms with Crippen LogP contribution in [0.2, 0.25) is 0 Å². The van der Waals surface area contributed by atoms with Gasteiger partial charge in [0.25, 0.3) is 5.91 Å². The number of nitrogens with zero attached hydrogens (tertiary/aromatic N) is 1. The molecule has 4 heteroatoms. The van der Waals surface area contributed by atoms with Crippen molar-refractivity contribution in [2.24, 2.45) is 0 Å². The van der Waals surface area contributed by atoms with Gasteiger partial charge in [0, 0.05) is 17.8 Å². The van der Waals surface area contributed by atoms with E-state index in [0.717, 1.165) is 29.8 Å². The summed E-state index contributed by atoms with van der Waals surface area (Å²) in [5.74, 6) is 0.874. The molecule has 1 amide bonds. The van der Waals surface area contributed by atoms with Crippen LogP contribution >= 0.6 is 0 Å². The molecule has 0 fully saturated rings. The lowest BCUT2D eigenvalue weighted by atomic mass is 9.93. The van der Waals surface area contributed by atoms with Crippen molar-refractivity contribution in [2.45, 2.75) is 39.3 Å². The van der Waals surface area contributed by atoms with Gasteiger partial charge in [-0.25, -0.2) is 0 Å². The average Bonchev–Trinajstić information content (AvgIpc) is 2.63. The first kappa shape index (κ1) is 17.3. The molecule has 1 aliphatic rings. The quantitative estimate of drug-likeness (QED) is 0.781. The number of carbonyl (C=O) groups is 1. The van der Waals surface area contributed by atoms with E-state index in [1.807, 2.05) is 67.3 Å². The topological polar surface area (TPSA) is 41.6 Å². The van der Waals surface area contributed by atoms with Crippen LogP contribution in [0.15, 0.2) is 48.5 Å². The Balaban J connectivity index is 2.04. The molecule has 0 saturated carbocycles. The van der Waals surface area contributed by atoms with E-state index in [1.54, 1.807) is 0 Å². The lowest BCUT2D eigenvalue weighted by Crippen LogP contribution is -2.55. The van der Waals surface area contributed by atoms with E-state index in [4.69, 9.17) is 4.74 Å². The van der Waals surface area contributed by atoms with Crippen molar-refractivity contribution in [3.05, 3.63) is 59.7 Å². The number of benzene rings is 2. The Morgan fingerprint density at radius 2 is 1.80 bits per heavy atom. The minimum atomic E-state index is -0.650. The van der Waals surface area contributed by atoms with Crippen molar-refractivity contribution in [1.82, 2.24) is 4.90 Å². The molecule has 25 heavy (non-hydrogen) atoms. The van der Waals surface area contributed by atoms with E-state index in [9.17, 15) is 4.79 Å². The molecular formula is C21H26N2O2. The van der Waals surface area contributed by atoms with E-state index < -0.39 is 5.66 Å². The summed E-state index contributed by atoms with van der Waals surface area (Å²) in [7, 11) is 0. The Bertz CT molecular complexity index is 759. The van der Waals surface area contributed by atoms with Crippen LogP contribution in [0.5, 0.6) is 5.75 Å². The van der Waals surface area contributed by atoms with Gasteiger partial charge in [-0.05, 0) is 38.5 Å². The monoisotopic (exact) mass is 338 g/mol. The van der Waals surface area contributed by atoms with Gasteiger partial charge < -0.3 is 15.0 Å². The third-order valence-electron chi connectivity index (χ3n) is 4.80. The minimum Gasteiger partial charge on any atom is -0.493 e. The summed E-state index contributed by atoms with van der Waals surface area (Å²) in [4.78, 5) is 14.9. The second kappa shape index (κ2) is 7.18. The van der Waals surface area contributed by atoms with Gasteiger partial charge in [-0.1, -0.05) is 43.7 Å². The van der Waals surface area contributed by atoms with E-state index in [-0.39, 0.29) is 5.91 Å². The maximum atomic E-state index is 13.1. The van der Waals surface area contributed by atoms with Gasteiger partial charge in [0.15, 0.2) is 0 Å². The Morgan fingerprint density at radius 3 is 2.56 bits per heavy atom. The number of hydrogen-bond acceptors (Lipinski definition) is 3. The first-order valence-electron chi connectivity index (χ1n) is 9.03. The third kappa shape index (κ3) is 3.09. The molecule has 3 rings (SSSR count). The van der Waals surface area contributed by atoms with E-state index in [0.29, 0.717) is 18.7 Å². The molecule has 0 saturated heterocycles. The van der Waals surface area contributed by atoms with Crippen LogP contribution in [-0.2, 0) is 5.66 Å². The maximum Gasteiger partial charge on any atom is 0.258 e. The Hall–Kier alpha value is -2.49. The van der Waals surface area contributed by atoms with Crippen molar-refractivity contribution >= 4 is 11.6 Å². The number of anilines is 1. The zero-order valence-corrected chi connectivity index (χ0v) is 15.2. The minimum absolute atomic E-state index is 0.0442. The van der Waals surface area contributed by atoms with Gasteiger partial charge in [0.05, 0.1) is 12.2 Å². The highest BCUT2D eigenvalue weighted by molar-refractivity contribution is 6.02. The largest absolute Gasteiger partial charge is 0.493 e. The zero-order valence-electron chi connectivity index (χ0n) is 15.2. The van der Waals surface area contributed by atoms with E-state index in [1.165, 1.54) is 0 Å². The molecule has 1 N–H and O–H groups in total. The maximum absolute atomic E-state index is 13.1. The van der Waals surface area contributed by atoms with Gasteiger partial charge in [-0.3, -0.25) is 4.79 Å². The molecule has 1 atom stereocenters. The summed E-state index contributed by atoms with van der Waals surface area (Å²) in [6, 6.07) is 15.7. The van der Waals surface area contributed by atoms with Gasteiger partial charge in [-0.15, -0.1) is 0 Å². The number of amides is 1. The first-order chi connectivity index (χ1) is 12.1. The molecule has 1 aliphatic heterocycles. The number of nitrogens with one attached hydrogen (secondary N) is 1. The summed E-state index contributed by atoms with van der Waals surface area (Å²) < 4.78 is 6.03. The molecule has 2 aromatic carbocycles. The smallest absolute Gasteiger partial charge is 0.258 e. The molecule has 4 nitrogen and oxygen atoms in total. The van der Waals surface area contributed by atoms with Crippen LogP contribution in [0.25, 0.3) is 0 Å². The van der Waals surface area contributed by atoms with Crippen molar-refractivity contribution in [3.63, 3.8) is 0 Å². The fraction of sp³-hybridized carbons (Fsp3) is 0.381. The highest BCUT2D eigenvalue weighted by Gasteiger charge is 2.43. The molecule has 0 bridgehead atoms. The lowest BCUT2D eigenvalue weighted by Gasteiger charge is -2.46. The molecule has 0 radical (unpaired) electrons. The number of para-hydroxylation sites is 2. The van der Waals surface area contributed by atoms with Crippen LogP contribution < -0.4 is 10.1 Å². The Kier molecular flexibility index (Phi) is 4.98. The van der Waals surface area contributed by atoms with Crippen LogP contribution in [0.3, 0.4) is 0 Å². The van der Waals surface area contributed by atoms with Crippen molar-refractivity contribution in [1.29, 1.82) is 0 Å². The predicted molar refractivity (Wildman–Crippen MR) is 101 cm³/mol. The lowest BCUT2D eigenvalue weighted by molar-refractivity contribution is 0.0547. The number of unbranched alkanes of at least 4 members (excludes halogenated alkanes) is 1. The number of rotatable bonds is 6. The molecule has 0 aromatic heterocycles. The summed E-state index contributed by atoms with van der Waals surface area (Å²) in [5, 5.41) is 3.58. The molecule has 0 spiro atoms. The second-order valence-electron chi connectivity index (χ2n) is 6.49. The van der Waals surface area contributed by atoms with Crippen molar-refractivity contribution < 1.29 is 9.53 Å². The Labute approximate surface area is 149 Å². The van der Waals surface area contributed by atoms with E-state index in [2.05, 4.69) is 12.2 Å². The average molecular weight is 338 g/mol. The summed E-state index contributed by atoms with van der Waals surface area (Å²) in [6.45, 7) is 7.49. The molecule has 2 aromatic rings. The van der Waals surface area contributed by atoms with Gasteiger partial charge >= 0.3 is 0 Å². The second-order valence-corrected chi connectivity index (χ2v) is 6.49. The molecular weight excluding hydrogens is 312 g/mol. The van der Waals surface area contributed by atoms with Crippen LogP contribution in [-0.4, -0.2) is 24.0 Å². The fourth-order valence-corrected chi connectivity index (χ4v) is 3.45. The summed E-state index contributed by atoms with van der Waals surface area (Å²) in [6.07, 6.45) is 2.10. The first-order valence-corrected chi connectivity index (χ1v) is 9.03. The fourth-order valence-electron chi connectivity index (χ4n) is 3.45.